The molecule has 1 saturated heterocycles. The average molecular weight is 391 g/mol. The van der Waals surface area contributed by atoms with Gasteiger partial charge in [-0.25, -0.2) is 0 Å². The second-order valence-corrected chi connectivity index (χ2v) is 14.3. The van der Waals surface area contributed by atoms with Gasteiger partial charge in [-0.1, -0.05) is 51.1 Å². The Morgan fingerprint density at radius 3 is 2.44 bits per heavy atom. The van der Waals surface area contributed by atoms with Crippen LogP contribution in [0.1, 0.15) is 40.2 Å². The maximum absolute atomic E-state index is 6.78. The molecule has 0 unspecified atom stereocenters. The monoisotopic (exact) mass is 390 g/mol. The van der Waals surface area contributed by atoms with Crippen molar-refractivity contribution in [2.24, 2.45) is 0 Å². The van der Waals surface area contributed by atoms with E-state index in [0.717, 1.165) is 12.2 Å². The highest BCUT2D eigenvalue weighted by molar-refractivity contribution is 6.74. The van der Waals surface area contributed by atoms with Crippen molar-refractivity contribution in [3.8, 4) is 0 Å². The SMILES string of the molecule is CC1(C)OC[C@H]2OC(Cc3ccccc3)=C[C@@H](O[Si](C)(C)C(C)(C)C)[C@@H]2O1. The van der Waals surface area contributed by atoms with Crippen molar-refractivity contribution >= 4 is 8.32 Å². The Morgan fingerprint density at radius 1 is 1.15 bits per heavy atom. The Morgan fingerprint density at radius 2 is 1.81 bits per heavy atom. The van der Waals surface area contributed by atoms with E-state index >= 15 is 0 Å². The molecule has 4 nitrogen and oxygen atoms in total. The van der Waals surface area contributed by atoms with Crippen LogP contribution in [-0.2, 0) is 25.1 Å². The highest BCUT2D eigenvalue weighted by Crippen LogP contribution is 2.40. The zero-order valence-electron chi connectivity index (χ0n) is 17.7. The number of rotatable bonds is 4. The van der Waals surface area contributed by atoms with E-state index in [4.69, 9.17) is 18.6 Å². The molecule has 1 fully saturated rings. The van der Waals surface area contributed by atoms with Crippen molar-refractivity contribution in [3.63, 3.8) is 0 Å². The molecule has 3 atom stereocenters. The summed E-state index contributed by atoms with van der Waals surface area (Å²) in [5.41, 5.74) is 1.23. The third kappa shape index (κ3) is 4.83. The summed E-state index contributed by atoms with van der Waals surface area (Å²) in [5.74, 6) is 0.322. The normalized spacial score (nSPS) is 28.1. The van der Waals surface area contributed by atoms with Gasteiger partial charge in [0, 0.05) is 6.42 Å². The number of hydrogen-bond donors (Lipinski definition) is 0. The predicted octanol–water partition coefficient (Wildman–Crippen LogP) is 5.05. The van der Waals surface area contributed by atoms with Gasteiger partial charge >= 0.3 is 0 Å². The van der Waals surface area contributed by atoms with Gasteiger partial charge in [-0.3, -0.25) is 0 Å². The lowest BCUT2D eigenvalue weighted by Gasteiger charge is -2.48. The van der Waals surface area contributed by atoms with E-state index in [9.17, 15) is 0 Å². The third-order valence-corrected chi connectivity index (χ3v) is 10.3. The molecule has 0 amide bonds. The van der Waals surface area contributed by atoms with E-state index in [2.05, 4.69) is 64.2 Å². The fraction of sp³-hybridized carbons (Fsp3) is 0.636. The molecule has 0 N–H and O–H groups in total. The van der Waals surface area contributed by atoms with Crippen molar-refractivity contribution < 1.29 is 18.6 Å². The fourth-order valence-corrected chi connectivity index (χ4v) is 4.46. The van der Waals surface area contributed by atoms with Gasteiger partial charge in [-0.15, -0.1) is 0 Å². The average Bonchev–Trinajstić information content (AvgIpc) is 2.55. The minimum absolute atomic E-state index is 0.119. The molecular formula is C22H34O4Si. The Bertz CT molecular complexity index is 675. The molecule has 1 aromatic carbocycles. The van der Waals surface area contributed by atoms with Gasteiger partial charge in [0.25, 0.3) is 0 Å². The molecular weight excluding hydrogens is 356 g/mol. The lowest BCUT2D eigenvalue weighted by Crippen LogP contribution is -2.59. The van der Waals surface area contributed by atoms with E-state index in [-0.39, 0.29) is 23.4 Å². The summed E-state index contributed by atoms with van der Waals surface area (Å²) in [4.78, 5) is 0. The van der Waals surface area contributed by atoms with Gasteiger partial charge in [0.05, 0.1) is 18.5 Å². The highest BCUT2D eigenvalue weighted by atomic mass is 28.4. The molecule has 27 heavy (non-hydrogen) atoms. The van der Waals surface area contributed by atoms with Gasteiger partial charge in [-0.05, 0) is 43.6 Å². The minimum Gasteiger partial charge on any atom is -0.489 e. The van der Waals surface area contributed by atoms with E-state index in [0.29, 0.717) is 6.61 Å². The van der Waals surface area contributed by atoms with Gasteiger partial charge in [0.15, 0.2) is 20.2 Å². The van der Waals surface area contributed by atoms with Crippen LogP contribution in [-0.4, -0.2) is 39.0 Å². The van der Waals surface area contributed by atoms with Crippen LogP contribution in [0.4, 0.5) is 0 Å². The number of fused-ring (bicyclic) bond motifs is 1. The van der Waals surface area contributed by atoms with E-state index in [1.54, 1.807) is 0 Å². The summed E-state index contributed by atoms with van der Waals surface area (Å²) in [6.45, 7) is 15.8. The van der Waals surface area contributed by atoms with Crippen LogP contribution < -0.4 is 0 Å². The number of hydrogen-bond acceptors (Lipinski definition) is 4. The summed E-state index contributed by atoms with van der Waals surface area (Å²) < 4.78 is 25.2. The van der Waals surface area contributed by atoms with Crippen LogP contribution in [0, 0.1) is 0 Å². The zero-order valence-corrected chi connectivity index (χ0v) is 18.7. The summed E-state index contributed by atoms with van der Waals surface area (Å²) >= 11 is 0. The van der Waals surface area contributed by atoms with Crippen molar-refractivity contribution in [1.82, 2.24) is 0 Å². The molecule has 1 aromatic rings. The summed E-state index contributed by atoms with van der Waals surface area (Å²) in [7, 11) is -1.96. The van der Waals surface area contributed by atoms with Crippen LogP contribution in [0.3, 0.4) is 0 Å². The topological polar surface area (TPSA) is 36.9 Å². The van der Waals surface area contributed by atoms with Gasteiger partial charge in [0.2, 0.25) is 0 Å². The van der Waals surface area contributed by atoms with Crippen LogP contribution >= 0.6 is 0 Å². The largest absolute Gasteiger partial charge is 0.489 e. The molecule has 2 heterocycles. The first kappa shape index (κ1) is 20.6. The van der Waals surface area contributed by atoms with Crippen LogP contribution in [0.15, 0.2) is 42.2 Å². The first-order valence-corrected chi connectivity index (χ1v) is 12.8. The molecule has 2 aliphatic rings. The smallest absolute Gasteiger partial charge is 0.193 e. The quantitative estimate of drug-likeness (QED) is 0.674. The lowest BCUT2D eigenvalue weighted by molar-refractivity contribution is -0.319. The van der Waals surface area contributed by atoms with Crippen molar-refractivity contribution in [2.45, 2.75) is 83.3 Å². The van der Waals surface area contributed by atoms with Gasteiger partial charge < -0.3 is 18.6 Å². The van der Waals surface area contributed by atoms with Crippen LogP contribution in [0.25, 0.3) is 0 Å². The lowest BCUT2D eigenvalue weighted by atomic mass is 10.00. The maximum Gasteiger partial charge on any atom is 0.193 e. The second-order valence-electron chi connectivity index (χ2n) is 9.59. The van der Waals surface area contributed by atoms with Crippen LogP contribution in [0.5, 0.6) is 0 Å². The summed E-state index contributed by atoms with van der Waals surface area (Å²) in [5, 5.41) is 0.134. The predicted molar refractivity (Wildman–Crippen MR) is 110 cm³/mol. The molecule has 150 valence electrons. The van der Waals surface area contributed by atoms with Crippen molar-refractivity contribution in [1.29, 1.82) is 0 Å². The van der Waals surface area contributed by atoms with E-state index in [1.807, 2.05) is 19.9 Å². The molecule has 5 heteroatoms. The Kier molecular flexibility index (Phi) is 5.61. The molecule has 0 radical (unpaired) electrons. The number of benzene rings is 1. The minimum atomic E-state index is -1.96. The molecule has 0 aromatic heterocycles. The summed E-state index contributed by atoms with van der Waals surface area (Å²) in [6, 6.07) is 10.4. The molecule has 0 aliphatic carbocycles. The fourth-order valence-electron chi connectivity index (χ4n) is 3.22. The Balaban J connectivity index is 1.87. The second kappa shape index (κ2) is 7.36. The molecule has 0 bridgehead atoms. The first-order valence-electron chi connectivity index (χ1n) is 9.88. The van der Waals surface area contributed by atoms with Crippen LogP contribution in [0.2, 0.25) is 18.1 Å². The van der Waals surface area contributed by atoms with Gasteiger partial charge in [0.1, 0.15) is 6.10 Å². The molecule has 0 spiro atoms. The maximum atomic E-state index is 6.78. The number of allylic oxidation sites excluding steroid dienone is 1. The summed E-state index contributed by atoms with van der Waals surface area (Å²) in [6.07, 6.45) is 2.48. The first-order chi connectivity index (χ1) is 12.5. The Labute approximate surface area is 165 Å². The molecule has 0 saturated carbocycles. The molecule has 3 rings (SSSR count). The molecule has 2 aliphatic heterocycles. The Hall–Kier alpha value is -1.14. The van der Waals surface area contributed by atoms with E-state index in [1.165, 1.54) is 5.56 Å². The van der Waals surface area contributed by atoms with Crippen molar-refractivity contribution in [2.75, 3.05) is 6.61 Å². The third-order valence-electron chi connectivity index (χ3n) is 5.82. The zero-order chi connectivity index (χ0) is 19.9. The highest BCUT2D eigenvalue weighted by Gasteiger charge is 2.48. The van der Waals surface area contributed by atoms with E-state index < -0.39 is 14.1 Å². The van der Waals surface area contributed by atoms with Gasteiger partial charge in [-0.2, -0.15) is 0 Å². The van der Waals surface area contributed by atoms with Crippen molar-refractivity contribution in [3.05, 3.63) is 47.7 Å². The number of ether oxygens (including phenoxy) is 3. The standard InChI is InChI=1S/C22H34O4Si/c1-21(2,3)27(6,7)26-18-14-17(13-16-11-9-8-10-12-16)24-19-15-23-22(4,5)25-20(18)19/h8-12,14,18-20H,13,15H2,1-7H3/t18-,19-,20+/m1/s1.